The van der Waals surface area contributed by atoms with Gasteiger partial charge >= 0.3 is 0 Å². The number of nitrogens with zero attached hydrogens (tertiary/aromatic N) is 2. The number of aromatic nitrogens is 1. The number of carbonyl (C=O) groups excluding carboxylic acids is 3. The van der Waals surface area contributed by atoms with Crippen LogP contribution >= 0.6 is 23.5 Å². The van der Waals surface area contributed by atoms with Crippen molar-refractivity contribution in [3.63, 3.8) is 0 Å². The van der Waals surface area contributed by atoms with Crippen molar-refractivity contribution in [3.8, 4) is 0 Å². The third-order valence-corrected chi connectivity index (χ3v) is 8.18. The highest BCUT2D eigenvalue weighted by atomic mass is 32.2. The van der Waals surface area contributed by atoms with Crippen LogP contribution in [0.2, 0.25) is 0 Å². The van der Waals surface area contributed by atoms with E-state index in [4.69, 9.17) is 0 Å². The van der Waals surface area contributed by atoms with E-state index in [1.165, 1.54) is 0 Å². The minimum Gasteiger partial charge on any atom is -0.350 e. The van der Waals surface area contributed by atoms with Crippen LogP contribution in [0.15, 0.2) is 48.8 Å². The summed E-state index contributed by atoms with van der Waals surface area (Å²) >= 11 is 3.24. The van der Waals surface area contributed by atoms with Gasteiger partial charge in [0.05, 0.1) is 0 Å². The van der Waals surface area contributed by atoms with E-state index < -0.39 is 16.8 Å². The molecule has 3 amide bonds. The maximum Gasteiger partial charge on any atom is 0.256 e. The third-order valence-electron chi connectivity index (χ3n) is 6.00. The summed E-state index contributed by atoms with van der Waals surface area (Å²) in [4.78, 5) is 45.4. The molecule has 0 spiro atoms. The number of thioether (sulfide) groups is 2. The molecule has 33 heavy (non-hydrogen) atoms. The smallest absolute Gasteiger partial charge is 0.256 e. The van der Waals surface area contributed by atoms with E-state index >= 15 is 0 Å². The molecule has 0 unspecified atom stereocenters. The first-order valence-electron chi connectivity index (χ1n) is 10.9. The van der Waals surface area contributed by atoms with Gasteiger partial charge in [-0.15, -0.1) is 11.8 Å². The van der Waals surface area contributed by atoms with Crippen LogP contribution in [0.5, 0.6) is 0 Å². The molecule has 1 saturated heterocycles. The summed E-state index contributed by atoms with van der Waals surface area (Å²) in [6.07, 6.45) is 5.83. The normalized spacial score (nSPS) is 21.3. The number of nitrogens with one attached hydrogen (secondary N) is 2. The van der Waals surface area contributed by atoms with Gasteiger partial charge in [-0.25, -0.2) is 0 Å². The summed E-state index contributed by atoms with van der Waals surface area (Å²) in [5.74, 6) is 0.0795. The molecule has 9 heteroatoms. The Bertz CT molecular complexity index is 1050. The number of rotatable bonds is 8. The Labute approximate surface area is 202 Å². The predicted octanol–water partition coefficient (Wildman–Crippen LogP) is 2.98. The molecule has 0 bridgehead atoms. The first-order chi connectivity index (χ1) is 15.8. The van der Waals surface area contributed by atoms with E-state index in [2.05, 4.69) is 15.6 Å². The van der Waals surface area contributed by atoms with Crippen LogP contribution in [-0.2, 0) is 16.1 Å². The van der Waals surface area contributed by atoms with E-state index in [0.29, 0.717) is 18.5 Å². The van der Waals surface area contributed by atoms with Crippen molar-refractivity contribution in [2.75, 3.05) is 12.0 Å². The fourth-order valence-electron chi connectivity index (χ4n) is 4.37. The molecule has 1 fully saturated rings. The van der Waals surface area contributed by atoms with Gasteiger partial charge in [-0.1, -0.05) is 18.2 Å². The monoisotopic (exact) mass is 484 g/mol. The van der Waals surface area contributed by atoms with Gasteiger partial charge in [0.15, 0.2) is 0 Å². The van der Waals surface area contributed by atoms with Gasteiger partial charge in [-0.2, -0.15) is 11.8 Å². The average Bonchev–Trinajstić information content (AvgIpc) is 3.24. The lowest BCUT2D eigenvalue weighted by atomic mass is 10.00. The Kier molecular flexibility index (Phi) is 6.99. The van der Waals surface area contributed by atoms with Gasteiger partial charge in [-0.05, 0) is 61.6 Å². The summed E-state index contributed by atoms with van der Waals surface area (Å²) in [5, 5.41) is 5.69. The minimum absolute atomic E-state index is 0.128. The Morgan fingerprint density at radius 2 is 1.94 bits per heavy atom. The van der Waals surface area contributed by atoms with E-state index in [9.17, 15) is 14.4 Å². The highest BCUT2D eigenvalue weighted by Gasteiger charge is 2.57. The second kappa shape index (κ2) is 9.77. The van der Waals surface area contributed by atoms with Crippen molar-refractivity contribution >= 4 is 41.2 Å². The zero-order chi connectivity index (χ0) is 23.6. The lowest BCUT2D eigenvalue weighted by molar-refractivity contribution is -0.132. The number of pyridine rings is 1. The van der Waals surface area contributed by atoms with Crippen molar-refractivity contribution in [1.82, 2.24) is 20.5 Å². The second-order valence-electron chi connectivity index (χ2n) is 8.69. The molecular formula is C24H28N4O3S2. The summed E-state index contributed by atoms with van der Waals surface area (Å²) in [5.41, 5.74) is 2.53. The van der Waals surface area contributed by atoms with Crippen LogP contribution in [0, 0.1) is 0 Å². The van der Waals surface area contributed by atoms with Crippen LogP contribution in [0.4, 0.5) is 0 Å². The first-order valence-corrected chi connectivity index (χ1v) is 13.2. The molecule has 4 rings (SSSR count). The molecular weight excluding hydrogens is 456 g/mol. The molecule has 3 heterocycles. The van der Waals surface area contributed by atoms with Crippen LogP contribution < -0.4 is 10.6 Å². The van der Waals surface area contributed by atoms with Crippen molar-refractivity contribution in [3.05, 3.63) is 65.5 Å². The van der Waals surface area contributed by atoms with E-state index in [-0.39, 0.29) is 23.1 Å². The Hall–Kier alpha value is -2.52. The SMILES string of the molecule is CSCC[C@H](NC(=O)[C@H]1N2C(=O)c3ccccc3[C@@H]2SC1(C)C)C(=O)NCc1ccncc1. The molecule has 2 aliphatic heterocycles. The van der Waals surface area contributed by atoms with Gasteiger partial charge in [-0.3, -0.25) is 19.4 Å². The molecule has 174 valence electrons. The van der Waals surface area contributed by atoms with Crippen LogP contribution in [0.3, 0.4) is 0 Å². The quantitative estimate of drug-likeness (QED) is 0.599. The van der Waals surface area contributed by atoms with Crippen LogP contribution in [-0.4, -0.2) is 56.4 Å². The highest BCUT2D eigenvalue weighted by Crippen LogP contribution is 2.56. The van der Waals surface area contributed by atoms with Crippen LogP contribution in [0.25, 0.3) is 0 Å². The summed E-state index contributed by atoms with van der Waals surface area (Å²) in [6, 6.07) is 9.86. The number of hydrogen-bond acceptors (Lipinski definition) is 6. The highest BCUT2D eigenvalue weighted by molar-refractivity contribution is 8.01. The molecule has 1 aromatic carbocycles. The van der Waals surface area contributed by atoms with E-state index in [1.54, 1.807) is 40.8 Å². The maximum atomic E-state index is 13.5. The van der Waals surface area contributed by atoms with Gasteiger partial charge in [0, 0.05) is 29.2 Å². The lowest BCUT2D eigenvalue weighted by Gasteiger charge is -2.31. The Morgan fingerprint density at radius 3 is 2.67 bits per heavy atom. The topological polar surface area (TPSA) is 91.4 Å². The predicted molar refractivity (Wildman–Crippen MR) is 132 cm³/mol. The second-order valence-corrected chi connectivity index (χ2v) is 11.4. The molecule has 7 nitrogen and oxygen atoms in total. The average molecular weight is 485 g/mol. The number of carbonyl (C=O) groups is 3. The number of benzene rings is 1. The zero-order valence-electron chi connectivity index (χ0n) is 18.9. The number of amides is 3. The van der Waals surface area contributed by atoms with Gasteiger partial charge in [0.25, 0.3) is 5.91 Å². The fourth-order valence-corrected chi connectivity index (χ4v) is 6.43. The first kappa shape index (κ1) is 23.6. The molecule has 0 radical (unpaired) electrons. The number of hydrogen-bond donors (Lipinski definition) is 2. The van der Waals surface area contributed by atoms with E-state index in [1.807, 2.05) is 56.5 Å². The van der Waals surface area contributed by atoms with Crippen molar-refractivity contribution in [2.24, 2.45) is 0 Å². The standard InChI is InChI=1S/C24H28N4O3S2/c1-24(2)19(28-22(31)16-6-4-5-7-17(16)23(28)33-24)21(30)27-18(10-13-32-3)20(29)26-14-15-8-11-25-12-9-15/h4-9,11-12,18-19,23H,10,13-14H2,1-3H3,(H,26,29)(H,27,30)/t18-,19+,23-/m0/s1. The van der Waals surface area contributed by atoms with Crippen molar-refractivity contribution < 1.29 is 14.4 Å². The molecule has 2 aliphatic rings. The Morgan fingerprint density at radius 1 is 1.21 bits per heavy atom. The Balaban J connectivity index is 1.50. The molecule has 3 atom stereocenters. The lowest BCUT2D eigenvalue weighted by Crippen LogP contribution is -2.57. The van der Waals surface area contributed by atoms with Gasteiger partial charge in [0.1, 0.15) is 17.5 Å². The van der Waals surface area contributed by atoms with Gasteiger partial charge in [0.2, 0.25) is 11.8 Å². The minimum atomic E-state index is -0.674. The fraction of sp³-hybridized carbons (Fsp3) is 0.417. The van der Waals surface area contributed by atoms with Crippen LogP contribution in [0.1, 0.15) is 47.1 Å². The summed E-state index contributed by atoms with van der Waals surface area (Å²) < 4.78 is -0.491. The third kappa shape index (κ3) is 4.75. The number of fused-ring (bicyclic) bond motifs is 3. The molecule has 0 saturated carbocycles. The molecule has 0 aliphatic carbocycles. The maximum absolute atomic E-state index is 13.5. The molecule has 2 aromatic rings. The summed E-state index contributed by atoms with van der Waals surface area (Å²) in [7, 11) is 0. The van der Waals surface area contributed by atoms with Gasteiger partial charge < -0.3 is 15.5 Å². The largest absolute Gasteiger partial charge is 0.350 e. The zero-order valence-corrected chi connectivity index (χ0v) is 20.5. The van der Waals surface area contributed by atoms with Crippen molar-refractivity contribution in [1.29, 1.82) is 0 Å². The molecule has 2 N–H and O–H groups in total. The molecule has 1 aromatic heterocycles. The summed E-state index contributed by atoms with van der Waals surface area (Å²) in [6.45, 7) is 4.33. The van der Waals surface area contributed by atoms with Crippen molar-refractivity contribution in [2.45, 2.75) is 49.0 Å². The van der Waals surface area contributed by atoms with E-state index in [0.717, 1.165) is 16.9 Å².